The zero-order chi connectivity index (χ0) is 19.6. The third-order valence-electron chi connectivity index (χ3n) is 5.71. The Bertz CT molecular complexity index is 791. The molecule has 1 N–H and O–H groups in total. The van der Waals surface area contributed by atoms with Gasteiger partial charge in [0.1, 0.15) is 5.69 Å². The number of nitrogens with one attached hydrogen (secondary N) is 1. The lowest BCUT2D eigenvalue weighted by molar-refractivity contribution is -0.898. The van der Waals surface area contributed by atoms with Crippen molar-refractivity contribution in [2.24, 2.45) is 5.92 Å². The number of benzene rings is 1. The molecule has 2 fully saturated rings. The molecule has 1 aromatic carbocycles. The highest BCUT2D eigenvalue weighted by molar-refractivity contribution is 7.89. The number of rotatable bonds is 5. The van der Waals surface area contributed by atoms with Gasteiger partial charge in [0.25, 0.3) is 5.69 Å². The molecule has 1 aromatic rings. The van der Waals surface area contributed by atoms with Gasteiger partial charge in [-0.2, -0.15) is 4.31 Å². The molecule has 150 valence electrons. The maximum absolute atomic E-state index is 13.0. The molecule has 8 nitrogen and oxygen atoms in total. The molecule has 3 rings (SSSR count). The zero-order valence-electron chi connectivity index (χ0n) is 16.1. The molecule has 1 atom stereocenters. The van der Waals surface area contributed by atoms with Crippen molar-refractivity contribution >= 4 is 21.4 Å². The number of quaternary nitrogens is 1. The lowest BCUT2D eigenvalue weighted by atomic mass is 10.0. The summed E-state index contributed by atoms with van der Waals surface area (Å²) >= 11 is 0. The van der Waals surface area contributed by atoms with Gasteiger partial charge in [0.05, 0.1) is 42.5 Å². The highest BCUT2D eigenvalue weighted by Gasteiger charge is 2.32. The van der Waals surface area contributed by atoms with E-state index in [1.54, 1.807) is 6.07 Å². The molecule has 2 saturated heterocycles. The predicted molar refractivity (Wildman–Crippen MR) is 104 cm³/mol. The number of nitro benzene ring substituents is 1. The first-order valence-corrected chi connectivity index (χ1v) is 11.1. The van der Waals surface area contributed by atoms with Gasteiger partial charge < -0.3 is 9.80 Å². The quantitative estimate of drug-likeness (QED) is 0.585. The number of anilines is 1. The van der Waals surface area contributed by atoms with Crippen LogP contribution in [0.15, 0.2) is 23.1 Å². The number of hydrogen-bond donors (Lipinski definition) is 1. The molecule has 0 radical (unpaired) electrons. The van der Waals surface area contributed by atoms with E-state index in [2.05, 4.69) is 6.92 Å². The number of piperidine rings is 1. The molecule has 0 aromatic heterocycles. The van der Waals surface area contributed by atoms with E-state index in [9.17, 15) is 18.5 Å². The van der Waals surface area contributed by atoms with E-state index in [1.807, 2.05) is 11.8 Å². The second-order valence-electron chi connectivity index (χ2n) is 7.61. The Labute approximate surface area is 160 Å². The van der Waals surface area contributed by atoms with Gasteiger partial charge in [-0.15, -0.1) is 0 Å². The van der Waals surface area contributed by atoms with Crippen LogP contribution in [0.3, 0.4) is 0 Å². The van der Waals surface area contributed by atoms with Gasteiger partial charge in [-0.25, -0.2) is 8.42 Å². The second-order valence-corrected chi connectivity index (χ2v) is 9.55. The first-order valence-electron chi connectivity index (χ1n) is 9.70. The van der Waals surface area contributed by atoms with E-state index < -0.39 is 14.9 Å². The molecule has 0 amide bonds. The summed E-state index contributed by atoms with van der Waals surface area (Å²) < 4.78 is 27.4. The molecule has 9 heteroatoms. The Balaban J connectivity index is 1.88. The summed E-state index contributed by atoms with van der Waals surface area (Å²) in [5.41, 5.74) is 0.391. The lowest BCUT2D eigenvalue weighted by Crippen LogP contribution is -3.14. The Hall–Kier alpha value is -1.71. The normalized spacial score (nSPS) is 22.7. The number of nitrogens with zero attached hydrogens (tertiary/aromatic N) is 3. The molecule has 2 heterocycles. The standard InChI is InChI=1S/C18H28N4O4S/c1-3-19-9-11-20(12-10-19)17-7-6-16(13-18(17)22(23)24)27(25,26)21-8-4-5-15(2)14-21/h6-7,13,15H,3-5,8-12,14H2,1-2H3/p+1/t15-/m1/s1. The van der Waals surface area contributed by atoms with Crippen LogP contribution in [0.25, 0.3) is 0 Å². The van der Waals surface area contributed by atoms with Crippen LogP contribution in [0.5, 0.6) is 0 Å². The summed E-state index contributed by atoms with van der Waals surface area (Å²) in [5.74, 6) is 0.306. The lowest BCUT2D eigenvalue weighted by Gasteiger charge is -2.33. The zero-order valence-corrected chi connectivity index (χ0v) is 16.9. The smallest absolute Gasteiger partial charge is 0.293 e. The third kappa shape index (κ3) is 4.25. The van der Waals surface area contributed by atoms with Crippen LogP contribution in [0.2, 0.25) is 0 Å². The largest absolute Gasteiger partial charge is 0.355 e. The molecular formula is C18H29N4O4S+. The van der Waals surface area contributed by atoms with Crippen molar-refractivity contribution in [1.29, 1.82) is 0 Å². The maximum Gasteiger partial charge on any atom is 0.293 e. The Morgan fingerprint density at radius 1 is 1.26 bits per heavy atom. The fraction of sp³-hybridized carbons (Fsp3) is 0.667. The second kappa shape index (κ2) is 8.12. The van der Waals surface area contributed by atoms with E-state index in [-0.39, 0.29) is 10.6 Å². The molecule has 0 unspecified atom stereocenters. The van der Waals surface area contributed by atoms with E-state index in [0.29, 0.717) is 24.7 Å². The number of sulfonamides is 1. The average molecular weight is 398 g/mol. The first-order chi connectivity index (χ1) is 12.8. The Kier molecular flexibility index (Phi) is 6.02. The molecule has 0 spiro atoms. The molecule has 0 saturated carbocycles. The highest BCUT2D eigenvalue weighted by Crippen LogP contribution is 2.33. The number of hydrogen-bond acceptors (Lipinski definition) is 5. The van der Waals surface area contributed by atoms with Gasteiger partial charge in [0.15, 0.2) is 0 Å². The first kappa shape index (κ1) is 20.0. The van der Waals surface area contributed by atoms with Crippen LogP contribution in [-0.2, 0) is 10.0 Å². The molecule has 2 aliphatic heterocycles. The van der Waals surface area contributed by atoms with Gasteiger partial charge in [-0.1, -0.05) is 6.92 Å². The minimum atomic E-state index is -3.70. The SMILES string of the molecule is CC[NH+]1CCN(c2ccc(S(=O)(=O)N3CCC[C@@H](C)C3)cc2[N+](=O)[O-])CC1. The number of piperazine rings is 1. The number of likely N-dealkylation sites (N-methyl/N-ethyl adjacent to an activating group) is 1. The van der Waals surface area contributed by atoms with Gasteiger partial charge in [-0.05, 0) is 37.8 Å². The highest BCUT2D eigenvalue weighted by atomic mass is 32.2. The van der Waals surface area contributed by atoms with Crippen LogP contribution in [0.4, 0.5) is 11.4 Å². The van der Waals surface area contributed by atoms with Crippen LogP contribution in [-0.4, -0.2) is 63.5 Å². The van der Waals surface area contributed by atoms with Crippen molar-refractivity contribution < 1.29 is 18.2 Å². The van der Waals surface area contributed by atoms with Gasteiger partial charge in [0, 0.05) is 19.2 Å². The summed E-state index contributed by atoms with van der Waals surface area (Å²) in [7, 11) is -3.70. The van der Waals surface area contributed by atoms with Crippen molar-refractivity contribution in [3.05, 3.63) is 28.3 Å². The van der Waals surface area contributed by atoms with Crippen molar-refractivity contribution in [2.45, 2.75) is 31.6 Å². The van der Waals surface area contributed by atoms with E-state index >= 15 is 0 Å². The van der Waals surface area contributed by atoms with Gasteiger partial charge in [-0.3, -0.25) is 10.1 Å². The van der Waals surface area contributed by atoms with Gasteiger partial charge in [0.2, 0.25) is 10.0 Å². The summed E-state index contributed by atoms with van der Waals surface area (Å²) in [5, 5.41) is 11.7. The minimum Gasteiger partial charge on any atom is -0.355 e. The Morgan fingerprint density at radius 3 is 2.56 bits per heavy atom. The van der Waals surface area contributed by atoms with Crippen molar-refractivity contribution in [2.75, 3.05) is 50.7 Å². The molecule has 0 bridgehead atoms. The van der Waals surface area contributed by atoms with Crippen LogP contribution in [0.1, 0.15) is 26.7 Å². The third-order valence-corrected chi connectivity index (χ3v) is 7.57. The van der Waals surface area contributed by atoms with Crippen LogP contribution < -0.4 is 9.80 Å². The number of nitro groups is 1. The monoisotopic (exact) mass is 397 g/mol. The van der Waals surface area contributed by atoms with Crippen molar-refractivity contribution in [3.63, 3.8) is 0 Å². The maximum atomic E-state index is 13.0. The molecule has 0 aliphatic carbocycles. The molecular weight excluding hydrogens is 368 g/mol. The van der Waals surface area contributed by atoms with E-state index in [4.69, 9.17) is 0 Å². The minimum absolute atomic E-state index is 0.0184. The van der Waals surface area contributed by atoms with E-state index in [0.717, 1.165) is 45.6 Å². The predicted octanol–water partition coefficient (Wildman–Crippen LogP) is 0.740. The van der Waals surface area contributed by atoms with Gasteiger partial charge >= 0.3 is 0 Å². The van der Waals surface area contributed by atoms with Crippen molar-refractivity contribution in [3.8, 4) is 0 Å². The summed E-state index contributed by atoms with van der Waals surface area (Å²) in [6.07, 6.45) is 1.83. The molecule has 2 aliphatic rings. The fourth-order valence-electron chi connectivity index (χ4n) is 4.01. The summed E-state index contributed by atoms with van der Waals surface area (Å²) in [6.45, 7) is 9.49. The van der Waals surface area contributed by atoms with E-state index in [1.165, 1.54) is 21.3 Å². The Morgan fingerprint density at radius 2 is 1.96 bits per heavy atom. The average Bonchev–Trinajstić information content (AvgIpc) is 2.67. The topological polar surface area (TPSA) is 88.2 Å². The van der Waals surface area contributed by atoms with Crippen LogP contribution >= 0.6 is 0 Å². The summed E-state index contributed by atoms with van der Waals surface area (Å²) in [4.78, 5) is 14.7. The fourth-order valence-corrected chi connectivity index (χ4v) is 5.63. The summed E-state index contributed by atoms with van der Waals surface area (Å²) in [6, 6.07) is 4.37. The van der Waals surface area contributed by atoms with Crippen LogP contribution in [0, 0.1) is 16.0 Å². The van der Waals surface area contributed by atoms with Crippen molar-refractivity contribution in [1.82, 2.24) is 4.31 Å². The molecule has 27 heavy (non-hydrogen) atoms.